The van der Waals surface area contributed by atoms with E-state index in [1.165, 1.54) is 5.56 Å². The summed E-state index contributed by atoms with van der Waals surface area (Å²) in [4.78, 5) is 0. The van der Waals surface area contributed by atoms with Crippen molar-refractivity contribution >= 4 is 0 Å². The van der Waals surface area contributed by atoms with Gasteiger partial charge in [0.05, 0.1) is 12.3 Å². The van der Waals surface area contributed by atoms with E-state index in [2.05, 4.69) is 19.1 Å². The SMILES string of the molecule is Cc1ccc(C(N)c2occc2C)cc1. The van der Waals surface area contributed by atoms with Gasteiger partial charge in [-0.05, 0) is 31.0 Å². The van der Waals surface area contributed by atoms with Crippen molar-refractivity contribution in [3.8, 4) is 0 Å². The quantitative estimate of drug-likeness (QED) is 0.811. The lowest BCUT2D eigenvalue weighted by Crippen LogP contribution is -2.11. The van der Waals surface area contributed by atoms with Gasteiger partial charge in [0.1, 0.15) is 5.76 Å². The zero-order valence-corrected chi connectivity index (χ0v) is 9.03. The van der Waals surface area contributed by atoms with Gasteiger partial charge in [-0.3, -0.25) is 0 Å². The fourth-order valence-corrected chi connectivity index (χ4v) is 1.63. The van der Waals surface area contributed by atoms with E-state index in [0.717, 1.165) is 16.9 Å². The van der Waals surface area contributed by atoms with Gasteiger partial charge in [-0.1, -0.05) is 29.8 Å². The summed E-state index contributed by atoms with van der Waals surface area (Å²) in [6.45, 7) is 4.07. The summed E-state index contributed by atoms with van der Waals surface area (Å²) >= 11 is 0. The lowest BCUT2D eigenvalue weighted by Gasteiger charge is -2.10. The molecule has 15 heavy (non-hydrogen) atoms. The number of aryl methyl sites for hydroxylation is 2. The van der Waals surface area contributed by atoms with Gasteiger partial charge in [0.25, 0.3) is 0 Å². The summed E-state index contributed by atoms with van der Waals surface area (Å²) in [5.74, 6) is 0.846. The van der Waals surface area contributed by atoms with Crippen molar-refractivity contribution in [3.63, 3.8) is 0 Å². The molecule has 1 aromatic carbocycles. The van der Waals surface area contributed by atoms with Crippen LogP contribution in [0.1, 0.15) is 28.5 Å². The summed E-state index contributed by atoms with van der Waals surface area (Å²) in [6, 6.07) is 9.98. The Morgan fingerprint density at radius 1 is 1.07 bits per heavy atom. The molecule has 2 heteroatoms. The topological polar surface area (TPSA) is 39.2 Å². The molecule has 0 aliphatic rings. The molecular formula is C13H15NO. The highest BCUT2D eigenvalue weighted by Gasteiger charge is 2.13. The van der Waals surface area contributed by atoms with Gasteiger partial charge in [0.15, 0.2) is 0 Å². The van der Waals surface area contributed by atoms with E-state index in [1.54, 1.807) is 6.26 Å². The predicted molar refractivity (Wildman–Crippen MR) is 60.7 cm³/mol. The number of rotatable bonds is 2. The van der Waals surface area contributed by atoms with Crippen LogP contribution < -0.4 is 5.73 Å². The standard InChI is InChI=1S/C13H15NO/c1-9-3-5-11(6-4-9)12(14)13-10(2)7-8-15-13/h3-8,12H,14H2,1-2H3. The molecule has 1 atom stereocenters. The fraction of sp³-hybridized carbons (Fsp3) is 0.231. The molecule has 0 fully saturated rings. The highest BCUT2D eigenvalue weighted by atomic mass is 16.3. The largest absolute Gasteiger partial charge is 0.467 e. The van der Waals surface area contributed by atoms with Crippen molar-refractivity contribution in [3.05, 3.63) is 59.0 Å². The number of hydrogen-bond acceptors (Lipinski definition) is 2. The van der Waals surface area contributed by atoms with E-state index >= 15 is 0 Å². The normalized spacial score (nSPS) is 12.7. The third-order valence-corrected chi connectivity index (χ3v) is 2.62. The number of nitrogens with two attached hydrogens (primary N) is 1. The number of furan rings is 1. The van der Waals surface area contributed by atoms with Gasteiger partial charge in [-0.2, -0.15) is 0 Å². The van der Waals surface area contributed by atoms with Crippen molar-refractivity contribution in [2.75, 3.05) is 0 Å². The minimum absolute atomic E-state index is 0.166. The van der Waals surface area contributed by atoms with Gasteiger partial charge < -0.3 is 10.2 Å². The monoisotopic (exact) mass is 201 g/mol. The molecule has 0 bridgehead atoms. The average molecular weight is 201 g/mol. The van der Waals surface area contributed by atoms with Crippen LogP contribution in [0.15, 0.2) is 41.0 Å². The second-order valence-corrected chi connectivity index (χ2v) is 3.86. The maximum Gasteiger partial charge on any atom is 0.127 e. The summed E-state index contributed by atoms with van der Waals surface area (Å²) in [6.07, 6.45) is 1.68. The average Bonchev–Trinajstić information content (AvgIpc) is 2.65. The van der Waals surface area contributed by atoms with Gasteiger partial charge in [0, 0.05) is 0 Å². The second-order valence-electron chi connectivity index (χ2n) is 3.86. The lowest BCUT2D eigenvalue weighted by molar-refractivity contribution is 0.487. The molecule has 2 aromatic rings. The highest BCUT2D eigenvalue weighted by molar-refractivity contribution is 5.31. The van der Waals surface area contributed by atoms with Crippen LogP contribution >= 0.6 is 0 Å². The lowest BCUT2D eigenvalue weighted by atomic mass is 10.0. The molecule has 0 radical (unpaired) electrons. The van der Waals surface area contributed by atoms with Gasteiger partial charge in [-0.15, -0.1) is 0 Å². The molecule has 1 heterocycles. The van der Waals surface area contributed by atoms with Crippen LogP contribution in [-0.2, 0) is 0 Å². The molecule has 0 aliphatic carbocycles. The first-order valence-corrected chi connectivity index (χ1v) is 5.04. The van der Waals surface area contributed by atoms with E-state index in [1.807, 2.05) is 25.1 Å². The molecule has 2 rings (SSSR count). The van der Waals surface area contributed by atoms with Gasteiger partial charge >= 0.3 is 0 Å². The van der Waals surface area contributed by atoms with E-state index in [-0.39, 0.29) is 6.04 Å². The highest BCUT2D eigenvalue weighted by Crippen LogP contribution is 2.23. The molecule has 2 N–H and O–H groups in total. The van der Waals surface area contributed by atoms with Crippen molar-refractivity contribution < 1.29 is 4.42 Å². The van der Waals surface area contributed by atoms with Crippen LogP contribution in [0.25, 0.3) is 0 Å². The Bertz CT molecular complexity index is 442. The van der Waals surface area contributed by atoms with E-state index < -0.39 is 0 Å². The molecular weight excluding hydrogens is 186 g/mol. The maximum absolute atomic E-state index is 6.12. The van der Waals surface area contributed by atoms with Crippen molar-refractivity contribution in [2.24, 2.45) is 5.73 Å². The first kappa shape index (κ1) is 9.99. The minimum atomic E-state index is -0.166. The first-order valence-electron chi connectivity index (χ1n) is 5.04. The molecule has 0 saturated carbocycles. The van der Waals surface area contributed by atoms with Gasteiger partial charge in [-0.25, -0.2) is 0 Å². The number of hydrogen-bond donors (Lipinski definition) is 1. The van der Waals surface area contributed by atoms with Gasteiger partial charge in [0.2, 0.25) is 0 Å². The molecule has 1 aromatic heterocycles. The van der Waals surface area contributed by atoms with Crippen LogP contribution in [-0.4, -0.2) is 0 Å². The Morgan fingerprint density at radius 3 is 2.27 bits per heavy atom. The van der Waals surface area contributed by atoms with E-state index in [4.69, 9.17) is 10.2 Å². The molecule has 0 saturated heterocycles. The molecule has 0 amide bonds. The summed E-state index contributed by atoms with van der Waals surface area (Å²) in [5, 5.41) is 0. The third-order valence-electron chi connectivity index (χ3n) is 2.62. The smallest absolute Gasteiger partial charge is 0.127 e. The van der Waals surface area contributed by atoms with E-state index in [9.17, 15) is 0 Å². The summed E-state index contributed by atoms with van der Waals surface area (Å²) < 4.78 is 5.39. The van der Waals surface area contributed by atoms with Crippen molar-refractivity contribution in [1.29, 1.82) is 0 Å². The summed E-state index contributed by atoms with van der Waals surface area (Å²) in [7, 11) is 0. The van der Waals surface area contributed by atoms with Crippen LogP contribution in [0.2, 0.25) is 0 Å². The van der Waals surface area contributed by atoms with Crippen LogP contribution in [0.5, 0.6) is 0 Å². The Balaban J connectivity index is 2.32. The predicted octanol–water partition coefficient (Wildman–Crippen LogP) is 2.94. The van der Waals surface area contributed by atoms with Crippen LogP contribution in [0.3, 0.4) is 0 Å². The molecule has 0 aliphatic heterocycles. The summed E-state index contributed by atoms with van der Waals surface area (Å²) in [5.41, 5.74) is 9.54. The Morgan fingerprint density at radius 2 is 1.73 bits per heavy atom. The van der Waals surface area contributed by atoms with Crippen molar-refractivity contribution in [1.82, 2.24) is 0 Å². The Labute approximate surface area is 89.7 Å². The molecule has 0 spiro atoms. The molecule has 2 nitrogen and oxygen atoms in total. The second kappa shape index (κ2) is 3.91. The number of benzene rings is 1. The molecule has 1 unspecified atom stereocenters. The van der Waals surface area contributed by atoms with E-state index in [0.29, 0.717) is 0 Å². The van der Waals surface area contributed by atoms with Crippen molar-refractivity contribution in [2.45, 2.75) is 19.9 Å². The van der Waals surface area contributed by atoms with Crippen LogP contribution in [0, 0.1) is 13.8 Å². The zero-order valence-electron chi connectivity index (χ0n) is 9.03. The fourth-order valence-electron chi connectivity index (χ4n) is 1.63. The van der Waals surface area contributed by atoms with Crippen LogP contribution in [0.4, 0.5) is 0 Å². The maximum atomic E-state index is 6.12. The Kier molecular flexibility index (Phi) is 2.60. The minimum Gasteiger partial charge on any atom is -0.467 e. The third kappa shape index (κ3) is 1.95. The molecule has 78 valence electrons. The first-order chi connectivity index (χ1) is 7.18. The Hall–Kier alpha value is -1.54. The zero-order chi connectivity index (χ0) is 10.8.